The third kappa shape index (κ3) is 4.09. The maximum atomic E-state index is 3.59. The van der Waals surface area contributed by atoms with Crippen molar-refractivity contribution in [2.24, 2.45) is 0 Å². The molecule has 0 saturated carbocycles. The third-order valence-corrected chi connectivity index (χ3v) is 0.991. The Morgan fingerprint density at radius 3 is 2.50 bits per heavy atom. The van der Waals surface area contributed by atoms with Crippen molar-refractivity contribution in [1.82, 2.24) is 0 Å². The lowest BCUT2D eigenvalue weighted by Gasteiger charge is -1.82. The zero-order valence-electron chi connectivity index (χ0n) is 3.81. The minimum atomic E-state index is 1.08. The molecule has 6 heavy (non-hydrogen) atoms. The summed E-state index contributed by atoms with van der Waals surface area (Å²) in [7, 11) is 0. The van der Waals surface area contributed by atoms with Crippen LogP contribution >= 0.6 is 11.8 Å². The molecule has 1 heteroatoms. The van der Waals surface area contributed by atoms with Gasteiger partial charge in [-0.3, -0.25) is 0 Å². The van der Waals surface area contributed by atoms with Gasteiger partial charge in [0.25, 0.3) is 0 Å². The summed E-state index contributed by atoms with van der Waals surface area (Å²) in [5.41, 5.74) is 0. The molecule has 35 valence electrons. The molecule has 0 unspecified atom stereocenters. The van der Waals surface area contributed by atoms with Crippen molar-refractivity contribution in [2.45, 2.75) is 6.42 Å². The van der Waals surface area contributed by atoms with Gasteiger partial charge in [0, 0.05) is 6.26 Å². The van der Waals surface area contributed by atoms with Crippen molar-refractivity contribution < 1.29 is 0 Å². The molecule has 0 bridgehead atoms. The van der Waals surface area contributed by atoms with E-state index in [2.05, 4.69) is 12.8 Å². The Bertz CT molecular complexity index is 32.9. The zero-order valence-corrected chi connectivity index (χ0v) is 4.63. The Morgan fingerprint density at radius 1 is 1.67 bits per heavy atom. The number of hydrogen-bond acceptors (Lipinski definition) is 1. The fraction of sp³-hybridized carbons (Fsp3) is 0.400. The van der Waals surface area contributed by atoms with Crippen molar-refractivity contribution in [3.8, 4) is 0 Å². The third-order valence-electron chi connectivity index (χ3n) is 0.466. The number of hydrogen-bond donors (Lipinski definition) is 0. The van der Waals surface area contributed by atoms with E-state index >= 15 is 0 Å². The highest BCUT2D eigenvalue weighted by molar-refractivity contribution is 8.00. The highest BCUT2D eigenvalue weighted by Gasteiger charge is 1.71. The van der Waals surface area contributed by atoms with Crippen LogP contribution in [0.3, 0.4) is 0 Å². The van der Waals surface area contributed by atoms with Gasteiger partial charge in [0.1, 0.15) is 0 Å². The molecule has 0 saturated heterocycles. The van der Waals surface area contributed by atoms with Gasteiger partial charge in [-0.2, -0.15) is 11.8 Å². The first-order chi connectivity index (χ1) is 2.91. The van der Waals surface area contributed by atoms with E-state index in [9.17, 15) is 0 Å². The van der Waals surface area contributed by atoms with Crippen LogP contribution in [0.4, 0.5) is 0 Å². The molecule has 0 aliphatic heterocycles. The predicted octanol–water partition coefficient (Wildman–Crippen LogP) is 2.09. The van der Waals surface area contributed by atoms with Crippen LogP contribution in [0.1, 0.15) is 6.42 Å². The normalized spacial score (nSPS) is 8.17. The Morgan fingerprint density at radius 2 is 2.33 bits per heavy atom. The van der Waals surface area contributed by atoms with Crippen molar-refractivity contribution in [3.05, 3.63) is 18.9 Å². The van der Waals surface area contributed by atoms with Gasteiger partial charge < -0.3 is 0 Å². The lowest BCUT2D eigenvalue weighted by molar-refractivity contribution is 1.26. The summed E-state index contributed by atoms with van der Waals surface area (Å²) in [6, 6.07) is 0. The summed E-state index contributed by atoms with van der Waals surface area (Å²) >= 11 is 1.60. The highest BCUT2D eigenvalue weighted by Crippen LogP contribution is 1.96. The fourth-order valence-electron chi connectivity index (χ4n) is 0.167. The first-order valence-corrected chi connectivity index (χ1v) is 3.05. The molecule has 0 aromatic rings. The topological polar surface area (TPSA) is 0 Å². The first kappa shape index (κ1) is 6.09. The van der Waals surface area contributed by atoms with Crippen LogP contribution in [0.2, 0.25) is 0 Å². The molecule has 0 amide bonds. The summed E-state index contributed by atoms with van der Waals surface area (Å²) in [6.07, 6.45) is 6.57. The highest BCUT2D eigenvalue weighted by atomic mass is 32.2. The maximum absolute atomic E-state index is 3.59. The Balaban J connectivity index is 2.49. The average molecular weight is 101 g/mol. The molecule has 0 fully saturated rings. The molecular weight excluding hydrogens is 92.1 g/mol. The molecule has 0 atom stereocenters. The molecule has 1 radical (unpaired) electrons. The van der Waals surface area contributed by atoms with E-state index in [0.717, 1.165) is 12.2 Å². The second kappa shape index (κ2) is 5.09. The minimum absolute atomic E-state index is 1.08. The lowest BCUT2D eigenvalue weighted by atomic mass is 10.5. The summed E-state index contributed by atoms with van der Waals surface area (Å²) in [6.45, 7) is 3.56. The van der Waals surface area contributed by atoms with E-state index in [-0.39, 0.29) is 0 Å². The molecular formula is C5H9S. The number of allylic oxidation sites excluding steroid dienone is 1. The van der Waals surface area contributed by atoms with Crippen molar-refractivity contribution in [2.75, 3.05) is 5.75 Å². The van der Waals surface area contributed by atoms with Gasteiger partial charge in [-0.25, -0.2) is 0 Å². The molecule has 0 nitrogen and oxygen atoms in total. The molecule has 0 rings (SSSR count). The summed E-state index contributed by atoms with van der Waals surface area (Å²) in [4.78, 5) is 0. The van der Waals surface area contributed by atoms with Gasteiger partial charge in [-0.15, -0.1) is 6.58 Å². The second-order valence-electron chi connectivity index (χ2n) is 0.986. The smallest absolute Gasteiger partial charge is 0.00237 e. The van der Waals surface area contributed by atoms with Crippen LogP contribution in [-0.2, 0) is 0 Å². The monoisotopic (exact) mass is 101 g/mol. The standard InChI is InChI=1S/C5H9S/c1-3-4-5-6-2/h3H,1-2,4-5H2. The zero-order chi connectivity index (χ0) is 4.83. The Labute approximate surface area is 43.6 Å². The van der Waals surface area contributed by atoms with E-state index in [1.807, 2.05) is 6.08 Å². The first-order valence-electron chi connectivity index (χ1n) is 1.89. The van der Waals surface area contributed by atoms with E-state index in [1.165, 1.54) is 0 Å². The van der Waals surface area contributed by atoms with E-state index in [1.54, 1.807) is 11.8 Å². The van der Waals surface area contributed by atoms with Gasteiger partial charge in [0.15, 0.2) is 0 Å². The molecule has 0 aliphatic rings. The molecule has 0 N–H and O–H groups in total. The van der Waals surface area contributed by atoms with Crippen LogP contribution in [0, 0.1) is 6.26 Å². The summed E-state index contributed by atoms with van der Waals surface area (Å²) in [5.74, 6) is 1.10. The van der Waals surface area contributed by atoms with Crippen molar-refractivity contribution in [3.63, 3.8) is 0 Å². The van der Waals surface area contributed by atoms with Crippen LogP contribution in [0.25, 0.3) is 0 Å². The quantitative estimate of drug-likeness (QED) is 0.387. The predicted molar refractivity (Wildman–Crippen MR) is 32.6 cm³/mol. The van der Waals surface area contributed by atoms with E-state index < -0.39 is 0 Å². The second-order valence-corrected chi connectivity index (χ2v) is 1.80. The molecule has 0 aromatic carbocycles. The summed E-state index contributed by atoms with van der Waals surface area (Å²) in [5, 5.41) is 0. The van der Waals surface area contributed by atoms with E-state index in [0.29, 0.717) is 0 Å². The van der Waals surface area contributed by atoms with Crippen LogP contribution in [0.15, 0.2) is 12.7 Å². The lowest BCUT2D eigenvalue weighted by Crippen LogP contribution is -1.65. The van der Waals surface area contributed by atoms with Gasteiger partial charge in [-0.05, 0) is 12.2 Å². The number of rotatable bonds is 3. The SMILES string of the molecule is [CH2]SCCC=C. The fourth-order valence-corrected chi connectivity index (χ4v) is 0.500. The average Bonchev–Trinajstić information content (AvgIpc) is 1.61. The molecule has 0 aliphatic carbocycles. The summed E-state index contributed by atoms with van der Waals surface area (Å²) < 4.78 is 0. The van der Waals surface area contributed by atoms with Crippen LogP contribution in [0.5, 0.6) is 0 Å². The van der Waals surface area contributed by atoms with Gasteiger partial charge in [0.05, 0.1) is 0 Å². The Hall–Kier alpha value is 0.0900. The van der Waals surface area contributed by atoms with E-state index in [4.69, 9.17) is 0 Å². The van der Waals surface area contributed by atoms with Crippen LogP contribution < -0.4 is 0 Å². The van der Waals surface area contributed by atoms with Crippen molar-refractivity contribution in [1.29, 1.82) is 0 Å². The Kier molecular flexibility index (Phi) is 5.17. The largest absolute Gasteiger partial charge is 0.161 e. The van der Waals surface area contributed by atoms with Crippen molar-refractivity contribution >= 4 is 11.8 Å². The minimum Gasteiger partial charge on any atom is -0.161 e. The molecule has 0 spiro atoms. The van der Waals surface area contributed by atoms with Gasteiger partial charge in [-0.1, -0.05) is 6.08 Å². The molecule has 0 aromatic heterocycles. The molecule has 0 heterocycles. The van der Waals surface area contributed by atoms with Gasteiger partial charge >= 0.3 is 0 Å². The van der Waals surface area contributed by atoms with Gasteiger partial charge in [0.2, 0.25) is 0 Å². The number of thioether (sulfide) groups is 1. The maximum Gasteiger partial charge on any atom is 0.00237 e. The van der Waals surface area contributed by atoms with Crippen LogP contribution in [-0.4, -0.2) is 5.75 Å².